The van der Waals surface area contributed by atoms with Crippen molar-refractivity contribution >= 4 is 0 Å². The molecule has 2 atom stereocenters. The molecule has 0 N–H and O–H groups in total. The van der Waals surface area contributed by atoms with Crippen molar-refractivity contribution < 1.29 is 4.57 Å². The smallest absolute Gasteiger partial charge is 0.237 e. The van der Waals surface area contributed by atoms with Gasteiger partial charge in [0.2, 0.25) is 6.33 Å². The summed E-state index contributed by atoms with van der Waals surface area (Å²) < 4.78 is 5.02. The summed E-state index contributed by atoms with van der Waals surface area (Å²) in [7, 11) is 0. The van der Waals surface area contributed by atoms with Crippen LogP contribution in [-0.4, -0.2) is 4.57 Å². The number of imidazole rings is 1. The van der Waals surface area contributed by atoms with Crippen LogP contribution in [0, 0.1) is 0 Å². The number of nitrogens with zero attached hydrogens (tertiary/aromatic N) is 2. The molecule has 0 fully saturated rings. The molecule has 0 aliphatic heterocycles. The third kappa shape index (κ3) is 13.0. The predicted octanol–water partition coefficient (Wildman–Crippen LogP) is 12.0. The molecular weight excluding hydrogens is 520 g/mol. The Labute approximate surface area is 266 Å². The van der Waals surface area contributed by atoms with Gasteiger partial charge in [-0.05, 0) is 43.2 Å². The van der Waals surface area contributed by atoms with Crippen LogP contribution in [-0.2, 0) is 18.4 Å². The molecule has 2 nitrogen and oxygen atoms in total. The Bertz CT molecular complexity index is 1060. The molecule has 0 amide bonds. The van der Waals surface area contributed by atoms with Gasteiger partial charge in [-0.2, -0.15) is 0 Å². The first-order valence-electron chi connectivity index (χ1n) is 18.3. The highest BCUT2D eigenvalue weighted by atomic mass is 15.1. The van der Waals surface area contributed by atoms with Crippen LogP contribution in [0.2, 0.25) is 0 Å². The number of rotatable bonds is 25. The minimum absolute atomic E-state index is 0.0113. The van der Waals surface area contributed by atoms with Crippen molar-refractivity contribution in [1.82, 2.24) is 4.57 Å². The van der Waals surface area contributed by atoms with E-state index in [1.165, 1.54) is 133 Å². The molecular formula is C41H65N2+. The Morgan fingerprint density at radius 1 is 0.605 bits per heavy atom. The Kier molecular flexibility index (Phi) is 17.5. The standard InChI is InChI=1S/C41H65N2/c1-4-6-8-10-12-13-14-15-16-17-18-26-32-40(43-35-34-42(37-43)33-27-19-11-9-7-5-2)41(3,39-30-24-21-25-31-39)36-38-28-22-20-23-29-38/h20-25,28-31,34-35,37,40H,4-19,26-27,32-33,36H2,1-3H3/q+1. The quantitative estimate of drug-likeness (QED) is 0.0690. The summed E-state index contributed by atoms with van der Waals surface area (Å²) in [5.41, 5.74) is 2.90. The SMILES string of the molecule is CCCCCCCCCCCCCCC(n1cc[n+](CCCCCCCC)c1)C(C)(Cc1ccccc1)c1ccccc1. The lowest BCUT2D eigenvalue weighted by Crippen LogP contribution is -2.38. The topological polar surface area (TPSA) is 8.81 Å². The normalized spacial score (nSPS) is 13.7. The minimum atomic E-state index is 0.0113. The summed E-state index contributed by atoms with van der Waals surface area (Å²) in [5, 5.41) is 0. The third-order valence-corrected chi connectivity index (χ3v) is 9.76. The predicted molar refractivity (Wildman–Crippen MR) is 187 cm³/mol. The van der Waals surface area contributed by atoms with Gasteiger partial charge in [-0.25, -0.2) is 9.13 Å². The van der Waals surface area contributed by atoms with Crippen molar-refractivity contribution in [2.45, 2.75) is 167 Å². The number of hydrogen-bond acceptors (Lipinski definition) is 0. The molecule has 0 saturated carbocycles. The van der Waals surface area contributed by atoms with Gasteiger partial charge >= 0.3 is 0 Å². The highest BCUT2D eigenvalue weighted by Gasteiger charge is 2.40. The molecule has 1 heterocycles. The molecule has 2 heteroatoms. The van der Waals surface area contributed by atoms with Gasteiger partial charge in [-0.15, -0.1) is 0 Å². The van der Waals surface area contributed by atoms with Gasteiger partial charge in [0.05, 0.1) is 6.54 Å². The van der Waals surface area contributed by atoms with Crippen LogP contribution in [0.1, 0.15) is 160 Å². The van der Waals surface area contributed by atoms with Crippen molar-refractivity contribution in [2.75, 3.05) is 0 Å². The van der Waals surface area contributed by atoms with Gasteiger partial charge in [0.1, 0.15) is 18.4 Å². The first-order chi connectivity index (χ1) is 21.2. The van der Waals surface area contributed by atoms with Gasteiger partial charge in [0.15, 0.2) is 0 Å². The van der Waals surface area contributed by atoms with Crippen molar-refractivity contribution in [3.05, 3.63) is 90.5 Å². The first-order valence-corrected chi connectivity index (χ1v) is 18.3. The summed E-state index contributed by atoms with van der Waals surface area (Å²) in [6, 6.07) is 23.0. The Hall–Kier alpha value is -2.35. The Morgan fingerprint density at radius 2 is 1.09 bits per heavy atom. The number of hydrogen-bond donors (Lipinski definition) is 0. The fraction of sp³-hybridized carbons (Fsp3) is 0.634. The second-order valence-electron chi connectivity index (χ2n) is 13.5. The zero-order valence-electron chi connectivity index (χ0n) is 28.3. The molecule has 3 rings (SSSR count). The maximum absolute atomic E-state index is 2.57. The monoisotopic (exact) mass is 586 g/mol. The maximum atomic E-state index is 2.57. The average Bonchev–Trinajstić information content (AvgIpc) is 3.50. The summed E-state index contributed by atoms with van der Waals surface area (Å²) in [6.07, 6.45) is 34.3. The van der Waals surface area contributed by atoms with Crippen LogP contribution in [0.4, 0.5) is 0 Å². The zero-order chi connectivity index (χ0) is 30.4. The summed E-state index contributed by atoms with van der Waals surface area (Å²) >= 11 is 0. The van der Waals surface area contributed by atoms with Crippen molar-refractivity contribution in [3.8, 4) is 0 Å². The van der Waals surface area contributed by atoms with Crippen molar-refractivity contribution in [2.24, 2.45) is 0 Å². The molecule has 0 spiro atoms. The molecule has 0 radical (unpaired) electrons. The molecule has 0 aliphatic rings. The molecule has 238 valence electrons. The van der Waals surface area contributed by atoms with E-state index in [9.17, 15) is 0 Å². The van der Waals surface area contributed by atoms with E-state index in [1.54, 1.807) is 0 Å². The van der Waals surface area contributed by atoms with E-state index in [-0.39, 0.29) is 5.41 Å². The number of benzene rings is 2. The highest BCUT2D eigenvalue weighted by Crippen LogP contribution is 2.41. The molecule has 2 aromatic carbocycles. The minimum Gasteiger partial charge on any atom is -0.237 e. The van der Waals surface area contributed by atoms with Gasteiger partial charge in [-0.1, -0.05) is 178 Å². The number of aromatic nitrogens is 2. The van der Waals surface area contributed by atoms with E-state index in [0.29, 0.717) is 6.04 Å². The second-order valence-corrected chi connectivity index (χ2v) is 13.5. The van der Waals surface area contributed by atoms with Crippen LogP contribution in [0.15, 0.2) is 79.4 Å². The van der Waals surface area contributed by atoms with Crippen LogP contribution in [0.25, 0.3) is 0 Å². The molecule has 0 aliphatic carbocycles. The summed E-state index contributed by atoms with van der Waals surface area (Å²) in [4.78, 5) is 0. The lowest BCUT2D eigenvalue weighted by atomic mass is 9.70. The van der Waals surface area contributed by atoms with Crippen molar-refractivity contribution in [3.63, 3.8) is 0 Å². The fourth-order valence-electron chi connectivity index (χ4n) is 7.03. The molecule has 0 bridgehead atoms. The van der Waals surface area contributed by atoms with Crippen LogP contribution < -0.4 is 4.57 Å². The zero-order valence-corrected chi connectivity index (χ0v) is 28.3. The Balaban J connectivity index is 1.64. The molecule has 1 aromatic heterocycles. The maximum Gasteiger partial charge on any atom is 0.244 e. The van der Waals surface area contributed by atoms with Crippen LogP contribution in [0.3, 0.4) is 0 Å². The summed E-state index contributed by atoms with van der Waals surface area (Å²) in [5.74, 6) is 0. The lowest BCUT2D eigenvalue weighted by molar-refractivity contribution is -0.697. The fourth-order valence-corrected chi connectivity index (χ4v) is 7.03. The van der Waals surface area contributed by atoms with E-state index >= 15 is 0 Å². The second kappa shape index (κ2) is 21.4. The molecule has 2 unspecified atom stereocenters. The van der Waals surface area contributed by atoms with Crippen LogP contribution in [0.5, 0.6) is 0 Å². The Morgan fingerprint density at radius 3 is 1.65 bits per heavy atom. The van der Waals surface area contributed by atoms with Crippen molar-refractivity contribution in [1.29, 1.82) is 0 Å². The highest BCUT2D eigenvalue weighted by molar-refractivity contribution is 5.30. The summed E-state index contributed by atoms with van der Waals surface area (Å²) in [6.45, 7) is 8.26. The van der Waals surface area contributed by atoms with Gasteiger partial charge in [-0.3, -0.25) is 0 Å². The average molecular weight is 586 g/mol. The van der Waals surface area contributed by atoms with Gasteiger partial charge < -0.3 is 0 Å². The third-order valence-electron chi connectivity index (χ3n) is 9.76. The largest absolute Gasteiger partial charge is 0.244 e. The molecule has 3 aromatic rings. The number of aryl methyl sites for hydroxylation is 1. The van der Waals surface area contributed by atoms with E-state index in [0.717, 1.165) is 13.0 Å². The number of unbranched alkanes of at least 4 members (excludes halogenated alkanes) is 16. The van der Waals surface area contributed by atoms with E-state index in [2.05, 4.69) is 109 Å². The van der Waals surface area contributed by atoms with E-state index < -0.39 is 0 Å². The van der Waals surface area contributed by atoms with Gasteiger partial charge in [0.25, 0.3) is 0 Å². The van der Waals surface area contributed by atoms with E-state index in [1.807, 2.05) is 0 Å². The van der Waals surface area contributed by atoms with Crippen LogP contribution >= 0.6 is 0 Å². The van der Waals surface area contributed by atoms with E-state index in [4.69, 9.17) is 0 Å². The molecule has 43 heavy (non-hydrogen) atoms. The first kappa shape index (κ1) is 35.1. The molecule has 0 saturated heterocycles. The lowest BCUT2D eigenvalue weighted by Gasteiger charge is -2.37. The van der Waals surface area contributed by atoms with Gasteiger partial charge in [0, 0.05) is 5.41 Å².